The quantitative estimate of drug-likeness (QED) is 0.846. The Balaban J connectivity index is 1.91. The fourth-order valence-corrected chi connectivity index (χ4v) is 2.31. The molecule has 0 fully saturated rings. The van der Waals surface area contributed by atoms with Crippen molar-refractivity contribution in [1.82, 2.24) is 10.3 Å². The summed E-state index contributed by atoms with van der Waals surface area (Å²) >= 11 is 0. The van der Waals surface area contributed by atoms with Crippen molar-refractivity contribution in [1.29, 1.82) is 0 Å². The molecule has 1 aliphatic heterocycles. The first-order valence-electron chi connectivity index (χ1n) is 7.60. The van der Waals surface area contributed by atoms with E-state index in [1.54, 1.807) is 7.11 Å². The Morgan fingerprint density at radius 1 is 1.33 bits per heavy atom. The summed E-state index contributed by atoms with van der Waals surface area (Å²) in [4.78, 5) is 6.91. The minimum Gasteiger partial charge on any atom is -0.380 e. The zero-order valence-electron chi connectivity index (χ0n) is 13.6. The van der Waals surface area contributed by atoms with E-state index < -0.39 is 0 Å². The molecule has 0 aliphatic carbocycles. The molecule has 4 nitrogen and oxygen atoms in total. The summed E-state index contributed by atoms with van der Waals surface area (Å²) in [5, 5.41) is 3.48. The highest BCUT2D eigenvalue weighted by molar-refractivity contribution is 5.42. The van der Waals surface area contributed by atoms with Crippen molar-refractivity contribution >= 4 is 5.82 Å². The van der Waals surface area contributed by atoms with Gasteiger partial charge in [0, 0.05) is 38.5 Å². The molecule has 4 heteroatoms. The molecule has 2 rings (SSSR count). The van der Waals surface area contributed by atoms with Crippen LogP contribution in [-0.4, -0.2) is 37.3 Å². The molecule has 0 radical (unpaired) electrons. The van der Waals surface area contributed by atoms with E-state index in [0.717, 1.165) is 38.5 Å². The van der Waals surface area contributed by atoms with Gasteiger partial charge in [0.05, 0.1) is 6.61 Å². The number of anilines is 1. The van der Waals surface area contributed by atoms with Crippen LogP contribution in [-0.2, 0) is 11.3 Å². The minimum atomic E-state index is 0.133. The van der Waals surface area contributed by atoms with Gasteiger partial charge < -0.3 is 15.0 Å². The van der Waals surface area contributed by atoms with Gasteiger partial charge in [-0.1, -0.05) is 12.1 Å². The monoisotopic (exact) mass is 289 g/mol. The molecule has 0 saturated heterocycles. The molecular formula is C17H27N3O. The van der Waals surface area contributed by atoms with E-state index in [2.05, 4.69) is 54.2 Å². The van der Waals surface area contributed by atoms with Crippen molar-refractivity contribution in [3.8, 4) is 0 Å². The van der Waals surface area contributed by atoms with Gasteiger partial charge in [-0.25, -0.2) is 4.98 Å². The zero-order valence-corrected chi connectivity index (χ0v) is 13.6. The van der Waals surface area contributed by atoms with Gasteiger partial charge in [0.1, 0.15) is 5.82 Å². The van der Waals surface area contributed by atoms with Crippen LogP contribution in [0, 0.1) is 0 Å². The molecule has 2 heterocycles. The van der Waals surface area contributed by atoms with E-state index in [9.17, 15) is 0 Å². The van der Waals surface area contributed by atoms with Gasteiger partial charge >= 0.3 is 0 Å². The molecule has 21 heavy (non-hydrogen) atoms. The van der Waals surface area contributed by atoms with Gasteiger partial charge in [0.25, 0.3) is 0 Å². The van der Waals surface area contributed by atoms with Gasteiger partial charge in [0.2, 0.25) is 0 Å². The Labute approximate surface area is 128 Å². The predicted molar refractivity (Wildman–Crippen MR) is 87.6 cm³/mol. The van der Waals surface area contributed by atoms with E-state index in [0.29, 0.717) is 0 Å². The van der Waals surface area contributed by atoms with Gasteiger partial charge in [0.15, 0.2) is 0 Å². The molecule has 0 saturated carbocycles. The second-order valence-corrected chi connectivity index (χ2v) is 6.62. The number of nitrogens with one attached hydrogen (secondary N) is 1. The first kappa shape index (κ1) is 16.0. The van der Waals surface area contributed by atoms with Crippen molar-refractivity contribution in [3.63, 3.8) is 0 Å². The summed E-state index contributed by atoms with van der Waals surface area (Å²) < 4.78 is 5.18. The number of methoxy groups -OCH3 is 1. The summed E-state index contributed by atoms with van der Waals surface area (Å²) in [5.74, 6) is 1.06. The fourth-order valence-electron chi connectivity index (χ4n) is 2.31. The Kier molecular flexibility index (Phi) is 5.37. The molecule has 0 atom stereocenters. The lowest BCUT2D eigenvalue weighted by Gasteiger charge is -2.27. The Hall–Kier alpha value is -1.39. The van der Waals surface area contributed by atoms with E-state index in [1.165, 1.54) is 11.1 Å². The maximum absolute atomic E-state index is 5.18. The summed E-state index contributed by atoms with van der Waals surface area (Å²) in [6.07, 6.45) is 5.29. The molecule has 1 N–H and O–H groups in total. The maximum atomic E-state index is 5.18. The average Bonchev–Trinajstić information content (AvgIpc) is 2.46. The second kappa shape index (κ2) is 7.05. The lowest BCUT2D eigenvalue weighted by molar-refractivity contribution is 0.222. The topological polar surface area (TPSA) is 37.4 Å². The van der Waals surface area contributed by atoms with Crippen LogP contribution in [0.5, 0.6) is 0 Å². The minimum absolute atomic E-state index is 0.133. The number of aromatic nitrogens is 1. The summed E-state index contributed by atoms with van der Waals surface area (Å²) in [6.45, 7) is 10.1. The molecule has 1 aliphatic rings. The number of nitrogens with zero attached hydrogens (tertiary/aromatic N) is 2. The van der Waals surface area contributed by atoms with Crippen molar-refractivity contribution < 1.29 is 4.74 Å². The number of hydrogen-bond donors (Lipinski definition) is 1. The highest BCUT2D eigenvalue weighted by atomic mass is 16.5. The Bertz CT molecular complexity index is 474. The number of pyridine rings is 1. The maximum Gasteiger partial charge on any atom is 0.128 e. The normalized spacial score (nSPS) is 16.0. The van der Waals surface area contributed by atoms with Crippen molar-refractivity contribution in [2.45, 2.75) is 39.3 Å². The van der Waals surface area contributed by atoms with Crippen LogP contribution < -0.4 is 10.2 Å². The largest absolute Gasteiger partial charge is 0.380 e. The van der Waals surface area contributed by atoms with Crippen LogP contribution in [0.1, 0.15) is 32.8 Å². The van der Waals surface area contributed by atoms with Crippen LogP contribution in [0.4, 0.5) is 5.82 Å². The van der Waals surface area contributed by atoms with E-state index >= 15 is 0 Å². The molecule has 116 valence electrons. The first-order valence-corrected chi connectivity index (χ1v) is 7.60. The van der Waals surface area contributed by atoms with Gasteiger partial charge in [-0.3, -0.25) is 0 Å². The standard InChI is InChI=1S/C17H27N3O/c1-17(2,3)19-12-15-5-6-16(18-11-15)20-9-7-14(8-10-20)13-21-4/h5-7,11,19H,8-10,12-13H2,1-4H3. The number of hydrogen-bond acceptors (Lipinski definition) is 4. The van der Waals surface area contributed by atoms with Crippen LogP contribution in [0.15, 0.2) is 30.0 Å². The van der Waals surface area contributed by atoms with Gasteiger partial charge in [-0.05, 0) is 44.4 Å². The van der Waals surface area contributed by atoms with Gasteiger partial charge in [-0.2, -0.15) is 0 Å². The molecular weight excluding hydrogens is 262 g/mol. The number of ether oxygens (including phenoxy) is 1. The molecule has 1 aromatic heterocycles. The predicted octanol–water partition coefficient (Wildman–Crippen LogP) is 2.75. The third-order valence-corrected chi connectivity index (χ3v) is 3.59. The van der Waals surface area contributed by atoms with Crippen LogP contribution >= 0.6 is 0 Å². The second-order valence-electron chi connectivity index (χ2n) is 6.62. The lowest BCUT2D eigenvalue weighted by atomic mass is 10.1. The molecule has 1 aromatic rings. The molecule has 0 unspecified atom stereocenters. The summed E-state index contributed by atoms with van der Waals surface area (Å²) in [6, 6.07) is 4.28. The summed E-state index contributed by atoms with van der Waals surface area (Å²) in [7, 11) is 1.75. The smallest absolute Gasteiger partial charge is 0.128 e. The van der Waals surface area contributed by atoms with E-state index in [4.69, 9.17) is 4.74 Å². The molecule has 0 bridgehead atoms. The van der Waals surface area contributed by atoms with Crippen LogP contribution in [0.3, 0.4) is 0 Å². The van der Waals surface area contributed by atoms with Gasteiger partial charge in [-0.15, -0.1) is 0 Å². The van der Waals surface area contributed by atoms with Crippen LogP contribution in [0.2, 0.25) is 0 Å². The molecule has 0 amide bonds. The van der Waals surface area contributed by atoms with Crippen molar-refractivity contribution in [3.05, 3.63) is 35.5 Å². The van der Waals surface area contributed by atoms with Crippen molar-refractivity contribution in [2.75, 3.05) is 31.7 Å². The first-order chi connectivity index (χ1) is 9.98. The zero-order chi connectivity index (χ0) is 15.3. The summed E-state index contributed by atoms with van der Waals surface area (Å²) in [5.41, 5.74) is 2.75. The fraction of sp³-hybridized carbons (Fsp3) is 0.588. The third kappa shape index (κ3) is 5.14. The Morgan fingerprint density at radius 2 is 2.14 bits per heavy atom. The average molecular weight is 289 g/mol. The number of rotatable bonds is 5. The van der Waals surface area contributed by atoms with Crippen LogP contribution in [0.25, 0.3) is 0 Å². The SMILES string of the molecule is COCC1=CCN(c2ccc(CNC(C)(C)C)cn2)CC1. The van der Waals surface area contributed by atoms with E-state index in [1.807, 2.05) is 6.20 Å². The highest BCUT2D eigenvalue weighted by Gasteiger charge is 2.13. The molecule has 0 spiro atoms. The molecule has 0 aromatic carbocycles. The van der Waals surface area contributed by atoms with Crippen molar-refractivity contribution in [2.24, 2.45) is 0 Å². The third-order valence-electron chi connectivity index (χ3n) is 3.59. The Morgan fingerprint density at radius 3 is 2.67 bits per heavy atom. The highest BCUT2D eigenvalue weighted by Crippen LogP contribution is 2.18. The van der Waals surface area contributed by atoms with E-state index in [-0.39, 0.29) is 5.54 Å². The lowest BCUT2D eigenvalue weighted by Crippen LogP contribution is -2.35.